The number of ether oxygens (including phenoxy) is 3. The fraction of sp³-hybridized carbons (Fsp3) is 0.800. The average Bonchev–Trinajstić information content (AvgIpc) is 3.29. The Morgan fingerprint density at radius 2 is 1.89 bits per heavy atom. The number of rotatable bonds is 6. The molecule has 35 heavy (non-hydrogen) atoms. The normalized spacial score (nSPS) is 41.3. The van der Waals surface area contributed by atoms with Gasteiger partial charge in [0.1, 0.15) is 11.7 Å². The van der Waals surface area contributed by atoms with E-state index < -0.39 is 11.2 Å². The van der Waals surface area contributed by atoms with Gasteiger partial charge in [0.2, 0.25) is 0 Å². The van der Waals surface area contributed by atoms with Crippen molar-refractivity contribution in [3.05, 3.63) is 23.3 Å². The first kappa shape index (κ1) is 24.1. The first-order valence-corrected chi connectivity index (χ1v) is 13.8. The summed E-state index contributed by atoms with van der Waals surface area (Å²) in [5, 5.41) is 12.2. The number of aryl methyl sites for hydroxylation is 1. The zero-order chi connectivity index (χ0) is 25.2. The predicted molar refractivity (Wildman–Crippen MR) is 137 cm³/mol. The predicted octanol–water partition coefficient (Wildman–Crippen LogP) is 4.96. The van der Waals surface area contributed by atoms with Crippen molar-refractivity contribution in [2.75, 3.05) is 27.3 Å². The third-order valence-electron chi connectivity index (χ3n) is 11.6. The van der Waals surface area contributed by atoms with Gasteiger partial charge in [0.25, 0.3) is 0 Å². The molecule has 0 amide bonds. The summed E-state index contributed by atoms with van der Waals surface area (Å²) in [5.41, 5.74) is 0.897. The Kier molecular flexibility index (Phi) is 4.93. The molecule has 2 spiro atoms. The average molecular weight is 484 g/mol. The number of methoxy groups -OCH3 is 2. The molecule has 0 aromatic heterocycles. The van der Waals surface area contributed by atoms with Gasteiger partial charge in [-0.2, -0.15) is 0 Å². The Balaban J connectivity index is 1.59. The van der Waals surface area contributed by atoms with Gasteiger partial charge >= 0.3 is 0 Å². The van der Waals surface area contributed by atoms with Crippen LogP contribution in [0.5, 0.6) is 11.5 Å². The lowest BCUT2D eigenvalue weighted by Gasteiger charge is -2.54. The first-order chi connectivity index (χ1) is 16.4. The molecule has 1 saturated heterocycles. The molecule has 1 aromatic carbocycles. The van der Waals surface area contributed by atoms with Gasteiger partial charge in [-0.25, -0.2) is 0 Å². The Morgan fingerprint density at radius 1 is 1.17 bits per heavy atom. The summed E-state index contributed by atoms with van der Waals surface area (Å²) >= 11 is 0. The third-order valence-corrected chi connectivity index (χ3v) is 11.6. The van der Waals surface area contributed by atoms with E-state index in [1.54, 1.807) is 7.11 Å². The van der Waals surface area contributed by atoms with Gasteiger partial charge < -0.3 is 19.3 Å². The molecule has 7 atom stereocenters. The van der Waals surface area contributed by atoms with Crippen LogP contribution in [0.1, 0.15) is 78.4 Å². The minimum Gasteiger partial charge on any atom is -0.493 e. The van der Waals surface area contributed by atoms with Gasteiger partial charge in [-0.3, -0.25) is 4.90 Å². The summed E-state index contributed by atoms with van der Waals surface area (Å²) in [7, 11) is 3.60. The lowest BCUT2D eigenvalue weighted by molar-refractivity contribution is -0.202. The van der Waals surface area contributed by atoms with Crippen LogP contribution >= 0.6 is 0 Å². The maximum atomic E-state index is 12.2. The smallest absolute Gasteiger partial charge is 0.166 e. The van der Waals surface area contributed by atoms with E-state index in [2.05, 4.69) is 51.7 Å². The van der Waals surface area contributed by atoms with Crippen LogP contribution in [0.4, 0.5) is 0 Å². The Labute approximate surface area is 211 Å². The number of hydrogen-bond donors (Lipinski definition) is 1. The number of likely N-dealkylation sites (tertiary alicyclic amines) is 1. The van der Waals surface area contributed by atoms with E-state index in [1.165, 1.54) is 30.5 Å². The first-order valence-electron chi connectivity index (χ1n) is 13.8. The van der Waals surface area contributed by atoms with E-state index in [0.29, 0.717) is 6.04 Å². The quantitative estimate of drug-likeness (QED) is 0.620. The minimum absolute atomic E-state index is 0.00756. The molecule has 1 N–H and O–H groups in total. The van der Waals surface area contributed by atoms with Crippen molar-refractivity contribution in [1.82, 2.24) is 4.90 Å². The van der Waals surface area contributed by atoms with E-state index in [1.807, 2.05) is 14.0 Å². The summed E-state index contributed by atoms with van der Waals surface area (Å²) in [4.78, 5) is 2.77. The van der Waals surface area contributed by atoms with Gasteiger partial charge in [-0.1, -0.05) is 33.8 Å². The number of benzene rings is 1. The SMILES string of the molecule is CCc1ccc(OC)c2c1C13CN(CC4CC4)[C@H](C)C14CC(C(C)(O)C(C)(C)C)[C@](OC)(C4)[C@@H]3O2. The van der Waals surface area contributed by atoms with Gasteiger partial charge in [0.05, 0.1) is 18.1 Å². The molecule has 4 fully saturated rings. The fourth-order valence-corrected chi connectivity index (χ4v) is 9.07. The van der Waals surface area contributed by atoms with Crippen LogP contribution in [0.2, 0.25) is 0 Å². The Morgan fingerprint density at radius 3 is 2.46 bits per heavy atom. The molecule has 3 saturated carbocycles. The topological polar surface area (TPSA) is 51.2 Å². The molecular weight excluding hydrogens is 438 g/mol. The second-order valence-electron chi connectivity index (χ2n) is 13.6. The maximum absolute atomic E-state index is 12.2. The number of nitrogens with zero attached hydrogens (tertiary/aromatic N) is 1. The summed E-state index contributed by atoms with van der Waals surface area (Å²) in [5.74, 6) is 2.59. The van der Waals surface area contributed by atoms with Crippen molar-refractivity contribution < 1.29 is 19.3 Å². The highest BCUT2D eigenvalue weighted by atomic mass is 16.6. The molecular formula is C30H45NO4. The Hall–Kier alpha value is -1.30. The van der Waals surface area contributed by atoms with E-state index in [0.717, 1.165) is 43.2 Å². The van der Waals surface area contributed by atoms with Crippen LogP contribution in [-0.2, 0) is 16.6 Å². The van der Waals surface area contributed by atoms with Crippen molar-refractivity contribution >= 4 is 0 Å². The molecule has 2 bridgehead atoms. The minimum atomic E-state index is -0.891. The van der Waals surface area contributed by atoms with Gasteiger partial charge in [0.15, 0.2) is 11.5 Å². The molecule has 5 heteroatoms. The molecule has 1 aromatic rings. The highest BCUT2D eigenvalue weighted by Gasteiger charge is 2.86. The lowest BCUT2D eigenvalue weighted by atomic mass is 9.52. The van der Waals surface area contributed by atoms with Crippen LogP contribution in [0.3, 0.4) is 0 Å². The van der Waals surface area contributed by atoms with E-state index in [4.69, 9.17) is 14.2 Å². The number of fused-ring (bicyclic) bond motifs is 3. The van der Waals surface area contributed by atoms with Crippen molar-refractivity contribution in [2.45, 2.75) is 102 Å². The Bertz CT molecular complexity index is 1040. The zero-order valence-electron chi connectivity index (χ0n) is 23.0. The van der Waals surface area contributed by atoms with E-state index in [-0.39, 0.29) is 28.3 Å². The van der Waals surface area contributed by atoms with E-state index in [9.17, 15) is 5.11 Å². The highest BCUT2D eigenvalue weighted by molar-refractivity contribution is 5.63. The van der Waals surface area contributed by atoms with Gasteiger partial charge in [-0.15, -0.1) is 0 Å². The fourth-order valence-electron chi connectivity index (χ4n) is 9.07. The third kappa shape index (κ3) is 2.66. The maximum Gasteiger partial charge on any atom is 0.166 e. The van der Waals surface area contributed by atoms with Crippen molar-refractivity contribution in [3.8, 4) is 11.5 Å². The molecule has 6 rings (SSSR count). The molecule has 5 nitrogen and oxygen atoms in total. The van der Waals surface area contributed by atoms with Crippen LogP contribution in [0.15, 0.2) is 12.1 Å². The van der Waals surface area contributed by atoms with Crippen LogP contribution in [0, 0.1) is 22.7 Å². The molecule has 4 unspecified atom stereocenters. The largest absolute Gasteiger partial charge is 0.493 e. The second kappa shape index (κ2) is 7.17. The van der Waals surface area contributed by atoms with Gasteiger partial charge in [-0.05, 0) is 68.9 Å². The van der Waals surface area contributed by atoms with E-state index >= 15 is 0 Å². The number of hydrogen-bond acceptors (Lipinski definition) is 5. The van der Waals surface area contributed by atoms with Crippen molar-refractivity contribution in [3.63, 3.8) is 0 Å². The molecule has 194 valence electrons. The van der Waals surface area contributed by atoms with Crippen LogP contribution < -0.4 is 9.47 Å². The molecule has 5 aliphatic rings. The van der Waals surface area contributed by atoms with Crippen molar-refractivity contribution in [2.24, 2.45) is 22.7 Å². The second-order valence-corrected chi connectivity index (χ2v) is 13.6. The molecule has 2 heterocycles. The van der Waals surface area contributed by atoms with Crippen LogP contribution in [0.25, 0.3) is 0 Å². The number of aliphatic hydroxyl groups is 1. The monoisotopic (exact) mass is 483 g/mol. The summed E-state index contributed by atoms with van der Waals surface area (Å²) in [6.07, 6.45) is 5.47. The lowest BCUT2D eigenvalue weighted by Crippen LogP contribution is -2.65. The molecule has 2 aliphatic heterocycles. The van der Waals surface area contributed by atoms with Gasteiger partial charge in [0, 0.05) is 43.1 Å². The summed E-state index contributed by atoms with van der Waals surface area (Å²) in [6, 6.07) is 4.75. The molecule has 0 radical (unpaired) electrons. The van der Waals surface area contributed by atoms with Crippen LogP contribution in [-0.4, -0.2) is 60.7 Å². The van der Waals surface area contributed by atoms with Crippen molar-refractivity contribution in [1.29, 1.82) is 0 Å². The highest BCUT2D eigenvalue weighted by Crippen LogP contribution is 2.79. The summed E-state index contributed by atoms with van der Waals surface area (Å²) < 4.78 is 19.6. The summed E-state index contributed by atoms with van der Waals surface area (Å²) in [6.45, 7) is 15.4. The molecule has 3 aliphatic carbocycles. The standard InChI is InChI=1S/C30H45NO4/c1-9-20-12-13-21(33-7)24-23(20)29-17-31(15-19-10-11-19)18(2)28(29)14-22(27(6,32)26(3,4)5)30(16-28,34-8)25(29)35-24/h12-13,18-19,22,25,32H,9-11,14-17H2,1-8H3/t18-,22?,25-,27?,28?,29?,30-/m1/s1. The zero-order valence-corrected chi connectivity index (χ0v) is 23.0.